The van der Waals surface area contributed by atoms with Crippen molar-refractivity contribution in [2.45, 2.75) is 6.42 Å². The summed E-state index contributed by atoms with van der Waals surface area (Å²) in [6, 6.07) is 5.99. The van der Waals surface area contributed by atoms with Crippen molar-refractivity contribution in [3.63, 3.8) is 0 Å². The van der Waals surface area contributed by atoms with E-state index in [2.05, 4.69) is 32.7 Å². The van der Waals surface area contributed by atoms with E-state index in [-0.39, 0.29) is 0 Å². The summed E-state index contributed by atoms with van der Waals surface area (Å²) < 4.78 is 6.33. The van der Waals surface area contributed by atoms with Crippen molar-refractivity contribution in [1.82, 2.24) is 10.7 Å². The fraction of sp³-hybridized carbons (Fsp3) is 0.400. The molecule has 0 heterocycles. The van der Waals surface area contributed by atoms with Gasteiger partial charge in [0.2, 0.25) is 0 Å². The van der Waals surface area contributed by atoms with E-state index in [4.69, 9.17) is 10.6 Å². The molecule has 0 aliphatic heterocycles. The van der Waals surface area contributed by atoms with Crippen LogP contribution in [0.25, 0.3) is 0 Å². The molecule has 0 radical (unpaired) electrons. The number of rotatable bonds is 6. The van der Waals surface area contributed by atoms with Crippen molar-refractivity contribution in [3.8, 4) is 5.75 Å². The highest BCUT2D eigenvalue weighted by Crippen LogP contribution is 2.22. The van der Waals surface area contributed by atoms with Crippen molar-refractivity contribution >= 4 is 15.9 Å². The topological polar surface area (TPSA) is 59.3 Å². The number of benzene rings is 1. The Kier molecular flexibility index (Phi) is 5.63. The predicted octanol–water partition coefficient (Wildman–Crippen LogP) is 1.01. The molecule has 0 aliphatic rings. The van der Waals surface area contributed by atoms with Crippen LogP contribution in [0.5, 0.6) is 5.75 Å². The molecule has 84 valence electrons. The molecule has 0 fully saturated rings. The normalized spacial score (nSPS) is 10.3. The molecule has 4 N–H and O–H groups in total. The molecule has 0 bridgehead atoms. The van der Waals surface area contributed by atoms with E-state index >= 15 is 0 Å². The molecule has 1 rings (SSSR count). The third kappa shape index (κ3) is 4.17. The maximum absolute atomic E-state index is 5.27. The molecule has 15 heavy (non-hydrogen) atoms. The summed E-state index contributed by atoms with van der Waals surface area (Å²) in [6.07, 6.45) is 0.907. The van der Waals surface area contributed by atoms with Gasteiger partial charge >= 0.3 is 0 Å². The number of nitrogens with two attached hydrogens (primary N) is 1. The van der Waals surface area contributed by atoms with Gasteiger partial charge in [-0.1, -0.05) is 15.9 Å². The van der Waals surface area contributed by atoms with Gasteiger partial charge in [0.1, 0.15) is 5.75 Å². The second-order valence-corrected chi connectivity index (χ2v) is 4.00. The first-order valence-corrected chi connectivity index (χ1v) is 5.54. The summed E-state index contributed by atoms with van der Waals surface area (Å²) >= 11 is 3.44. The fourth-order valence-corrected chi connectivity index (χ4v) is 1.73. The Hall–Kier alpha value is -0.620. The number of methoxy groups -OCH3 is 1. The average Bonchev–Trinajstić information content (AvgIpc) is 2.25. The molecule has 0 saturated carbocycles. The Balaban J connectivity index is 2.54. The van der Waals surface area contributed by atoms with Crippen LogP contribution < -0.4 is 21.3 Å². The van der Waals surface area contributed by atoms with Crippen LogP contribution in [-0.4, -0.2) is 20.3 Å². The molecule has 5 heteroatoms. The van der Waals surface area contributed by atoms with Gasteiger partial charge in [-0.15, -0.1) is 0 Å². The van der Waals surface area contributed by atoms with Gasteiger partial charge in [-0.05, 0) is 30.2 Å². The largest absolute Gasteiger partial charge is 0.496 e. The van der Waals surface area contributed by atoms with Gasteiger partial charge < -0.3 is 10.1 Å². The lowest BCUT2D eigenvalue weighted by Crippen LogP contribution is -2.34. The van der Waals surface area contributed by atoms with E-state index in [0.717, 1.165) is 23.2 Å². The highest BCUT2D eigenvalue weighted by Gasteiger charge is 2.02. The third-order valence-electron chi connectivity index (χ3n) is 2.04. The van der Waals surface area contributed by atoms with Crippen LogP contribution in [-0.2, 0) is 6.42 Å². The molecule has 1 aromatic carbocycles. The highest BCUT2D eigenvalue weighted by atomic mass is 79.9. The lowest BCUT2D eigenvalue weighted by Gasteiger charge is -2.09. The standard InChI is InChI=1S/C10H16BrN3O/c1-15-10-3-2-9(11)6-8(10)4-5-13-7-14-12/h2-3,6,13-14H,4-5,7,12H2,1H3. The first-order valence-electron chi connectivity index (χ1n) is 4.74. The lowest BCUT2D eigenvalue weighted by atomic mass is 10.1. The maximum Gasteiger partial charge on any atom is 0.122 e. The van der Waals surface area contributed by atoms with Crippen LogP contribution in [0.4, 0.5) is 0 Å². The van der Waals surface area contributed by atoms with Crippen LogP contribution >= 0.6 is 15.9 Å². The van der Waals surface area contributed by atoms with E-state index in [9.17, 15) is 0 Å². The number of ether oxygens (including phenoxy) is 1. The zero-order chi connectivity index (χ0) is 11.1. The summed E-state index contributed by atoms with van der Waals surface area (Å²) in [6.45, 7) is 1.47. The molecule has 4 nitrogen and oxygen atoms in total. The number of nitrogens with one attached hydrogen (secondary N) is 2. The molecule has 0 aromatic heterocycles. The van der Waals surface area contributed by atoms with Crippen LogP contribution in [0.2, 0.25) is 0 Å². The number of hydrogen-bond acceptors (Lipinski definition) is 4. The molecule has 0 aliphatic carbocycles. The monoisotopic (exact) mass is 273 g/mol. The second kappa shape index (κ2) is 6.79. The molecule has 1 aromatic rings. The molecule has 0 spiro atoms. The number of halogens is 1. The van der Waals surface area contributed by atoms with Crippen molar-refractivity contribution < 1.29 is 4.74 Å². The Labute approximate surface area is 98.3 Å². The minimum atomic E-state index is 0.607. The Morgan fingerprint density at radius 1 is 1.47 bits per heavy atom. The lowest BCUT2D eigenvalue weighted by molar-refractivity contribution is 0.409. The quantitative estimate of drug-likeness (QED) is 0.313. The van der Waals surface area contributed by atoms with Gasteiger partial charge in [-0.2, -0.15) is 0 Å². The summed E-state index contributed by atoms with van der Waals surface area (Å²) in [5.74, 6) is 6.06. The summed E-state index contributed by atoms with van der Waals surface area (Å²) in [7, 11) is 1.68. The minimum absolute atomic E-state index is 0.607. The van der Waals surface area contributed by atoms with Crippen molar-refractivity contribution in [2.24, 2.45) is 5.84 Å². The minimum Gasteiger partial charge on any atom is -0.496 e. The summed E-state index contributed by atoms with van der Waals surface area (Å²) in [4.78, 5) is 0. The van der Waals surface area contributed by atoms with Crippen molar-refractivity contribution in [1.29, 1.82) is 0 Å². The van der Waals surface area contributed by atoms with Crippen molar-refractivity contribution in [3.05, 3.63) is 28.2 Å². The Morgan fingerprint density at radius 3 is 2.93 bits per heavy atom. The molecular formula is C10H16BrN3O. The first-order chi connectivity index (χ1) is 7.27. The maximum atomic E-state index is 5.27. The Morgan fingerprint density at radius 2 is 2.27 bits per heavy atom. The average molecular weight is 274 g/mol. The van der Waals surface area contributed by atoms with E-state index < -0.39 is 0 Å². The van der Waals surface area contributed by atoms with E-state index in [1.54, 1.807) is 7.11 Å². The predicted molar refractivity (Wildman–Crippen MR) is 64.6 cm³/mol. The molecule has 0 amide bonds. The van der Waals surface area contributed by atoms with Crippen LogP contribution in [0.1, 0.15) is 5.56 Å². The smallest absolute Gasteiger partial charge is 0.122 e. The van der Waals surface area contributed by atoms with Gasteiger partial charge in [-0.25, -0.2) is 5.43 Å². The number of hydrogen-bond donors (Lipinski definition) is 3. The van der Waals surface area contributed by atoms with E-state index in [0.29, 0.717) is 6.67 Å². The zero-order valence-corrected chi connectivity index (χ0v) is 10.3. The SMILES string of the molecule is COc1ccc(Br)cc1CCNCNN. The zero-order valence-electron chi connectivity index (χ0n) is 8.72. The fourth-order valence-electron chi connectivity index (χ4n) is 1.33. The third-order valence-corrected chi connectivity index (χ3v) is 2.53. The molecular weight excluding hydrogens is 258 g/mol. The summed E-state index contributed by atoms with van der Waals surface area (Å²) in [5.41, 5.74) is 3.72. The highest BCUT2D eigenvalue weighted by molar-refractivity contribution is 9.10. The Bertz CT molecular complexity index is 307. The van der Waals surface area contributed by atoms with Gasteiger partial charge in [0, 0.05) is 11.0 Å². The van der Waals surface area contributed by atoms with Gasteiger partial charge in [0.25, 0.3) is 0 Å². The van der Waals surface area contributed by atoms with Gasteiger partial charge in [0.05, 0.1) is 13.8 Å². The summed E-state index contributed by atoms with van der Waals surface area (Å²) in [5, 5.41) is 3.15. The first kappa shape index (κ1) is 12.4. The molecule has 0 atom stereocenters. The molecule has 0 saturated heterocycles. The van der Waals surface area contributed by atoms with Gasteiger partial charge in [-0.3, -0.25) is 5.84 Å². The van der Waals surface area contributed by atoms with Crippen LogP contribution in [0.15, 0.2) is 22.7 Å². The van der Waals surface area contributed by atoms with E-state index in [1.807, 2.05) is 12.1 Å². The van der Waals surface area contributed by atoms with Crippen LogP contribution in [0.3, 0.4) is 0 Å². The molecule has 0 unspecified atom stereocenters. The van der Waals surface area contributed by atoms with E-state index in [1.165, 1.54) is 5.56 Å². The number of hydrazine groups is 1. The second-order valence-electron chi connectivity index (χ2n) is 3.09. The van der Waals surface area contributed by atoms with Gasteiger partial charge in [0.15, 0.2) is 0 Å². The van der Waals surface area contributed by atoms with Crippen LogP contribution in [0, 0.1) is 0 Å². The van der Waals surface area contributed by atoms with Crippen molar-refractivity contribution in [2.75, 3.05) is 20.3 Å².